The van der Waals surface area contributed by atoms with E-state index in [1.165, 1.54) is 11.8 Å². The standard InChI is InChI=1S/C16H16ClNO2S/c1-21-14-4-2-3-13(15(14)16(19)20)18-10-9-11-5-7-12(17)8-6-11/h2-8,18H,9-10H2,1H3,(H,19,20). The van der Waals surface area contributed by atoms with Crippen molar-refractivity contribution in [2.45, 2.75) is 11.3 Å². The second kappa shape index (κ2) is 7.38. The van der Waals surface area contributed by atoms with E-state index in [-0.39, 0.29) is 0 Å². The second-order valence-corrected chi connectivity index (χ2v) is 5.78. The van der Waals surface area contributed by atoms with Gasteiger partial charge in [-0.05, 0) is 42.5 Å². The Labute approximate surface area is 133 Å². The number of thioether (sulfide) groups is 1. The van der Waals surface area contributed by atoms with Crippen molar-refractivity contribution in [3.63, 3.8) is 0 Å². The number of rotatable bonds is 6. The summed E-state index contributed by atoms with van der Waals surface area (Å²) in [5.74, 6) is -0.908. The summed E-state index contributed by atoms with van der Waals surface area (Å²) in [6.07, 6.45) is 2.68. The lowest BCUT2D eigenvalue weighted by atomic mass is 10.1. The van der Waals surface area contributed by atoms with E-state index in [0.29, 0.717) is 22.8 Å². The highest BCUT2D eigenvalue weighted by molar-refractivity contribution is 7.98. The summed E-state index contributed by atoms with van der Waals surface area (Å²) in [6.45, 7) is 0.666. The Morgan fingerprint density at radius 3 is 2.57 bits per heavy atom. The van der Waals surface area contributed by atoms with E-state index >= 15 is 0 Å². The van der Waals surface area contributed by atoms with Crippen molar-refractivity contribution in [1.82, 2.24) is 0 Å². The first-order valence-electron chi connectivity index (χ1n) is 6.50. The summed E-state index contributed by atoms with van der Waals surface area (Å²) in [7, 11) is 0. The molecule has 2 N–H and O–H groups in total. The molecule has 2 aromatic carbocycles. The SMILES string of the molecule is CSc1cccc(NCCc2ccc(Cl)cc2)c1C(=O)O. The van der Waals surface area contributed by atoms with E-state index in [9.17, 15) is 9.90 Å². The van der Waals surface area contributed by atoms with Crippen LogP contribution in [-0.2, 0) is 6.42 Å². The molecule has 0 aliphatic heterocycles. The number of halogens is 1. The summed E-state index contributed by atoms with van der Waals surface area (Å²) in [5, 5.41) is 13.3. The highest BCUT2D eigenvalue weighted by atomic mass is 35.5. The van der Waals surface area contributed by atoms with Crippen LogP contribution in [0.4, 0.5) is 5.69 Å². The van der Waals surface area contributed by atoms with Crippen LogP contribution in [0.15, 0.2) is 47.4 Å². The third-order valence-electron chi connectivity index (χ3n) is 3.10. The number of carbonyl (C=O) groups is 1. The Morgan fingerprint density at radius 2 is 1.95 bits per heavy atom. The second-order valence-electron chi connectivity index (χ2n) is 4.49. The van der Waals surface area contributed by atoms with Gasteiger partial charge in [0.2, 0.25) is 0 Å². The van der Waals surface area contributed by atoms with E-state index in [1.807, 2.05) is 42.7 Å². The van der Waals surface area contributed by atoms with Crippen LogP contribution in [0.2, 0.25) is 5.02 Å². The van der Waals surface area contributed by atoms with E-state index in [0.717, 1.165) is 16.9 Å². The van der Waals surface area contributed by atoms with Gasteiger partial charge in [-0.1, -0.05) is 29.8 Å². The first kappa shape index (κ1) is 15.7. The lowest BCUT2D eigenvalue weighted by Gasteiger charge is -2.12. The molecule has 0 fully saturated rings. The summed E-state index contributed by atoms with van der Waals surface area (Å²) >= 11 is 7.28. The van der Waals surface area contributed by atoms with Gasteiger partial charge in [0.15, 0.2) is 0 Å². The number of hydrogen-bond acceptors (Lipinski definition) is 3. The molecule has 0 aliphatic carbocycles. The Balaban J connectivity index is 2.06. The van der Waals surface area contributed by atoms with Gasteiger partial charge in [-0.2, -0.15) is 0 Å². The number of carboxylic acid groups (broad SMARTS) is 1. The van der Waals surface area contributed by atoms with Gasteiger partial charge in [0, 0.05) is 22.2 Å². The van der Waals surface area contributed by atoms with Gasteiger partial charge < -0.3 is 10.4 Å². The van der Waals surface area contributed by atoms with Crippen LogP contribution in [0.5, 0.6) is 0 Å². The largest absolute Gasteiger partial charge is 0.478 e. The Morgan fingerprint density at radius 1 is 1.24 bits per heavy atom. The minimum absolute atomic E-state index is 0.334. The normalized spacial score (nSPS) is 10.4. The monoisotopic (exact) mass is 321 g/mol. The average molecular weight is 322 g/mol. The Bertz CT molecular complexity index is 629. The van der Waals surface area contributed by atoms with Crippen molar-refractivity contribution in [2.75, 3.05) is 18.1 Å². The van der Waals surface area contributed by atoms with Gasteiger partial charge >= 0.3 is 5.97 Å². The van der Waals surface area contributed by atoms with Crippen molar-refractivity contribution in [3.8, 4) is 0 Å². The number of anilines is 1. The van der Waals surface area contributed by atoms with Crippen molar-refractivity contribution in [1.29, 1.82) is 0 Å². The van der Waals surface area contributed by atoms with Crippen LogP contribution < -0.4 is 5.32 Å². The molecule has 0 radical (unpaired) electrons. The van der Waals surface area contributed by atoms with Gasteiger partial charge in [-0.25, -0.2) is 4.79 Å². The van der Waals surface area contributed by atoms with Crippen molar-refractivity contribution < 1.29 is 9.90 Å². The van der Waals surface area contributed by atoms with Crippen LogP contribution in [-0.4, -0.2) is 23.9 Å². The van der Waals surface area contributed by atoms with Crippen molar-refractivity contribution in [2.24, 2.45) is 0 Å². The topological polar surface area (TPSA) is 49.3 Å². The zero-order chi connectivity index (χ0) is 15.2. The fraction of sp³-hybridized carbons (Fsp3) is 0.188. The summed E-state index contributed by atoms with van der Waals surface area (Å²) in [4.78, 5) is 12.2. The molecule has 0 amide bonds. The predicted octanol–water partition coefficient (Wildman–Crippen LogP) is 4.41. The molecule has 0 atom stereocenters. The number of hydrogen-bond donors (Lipinski definition) is 2. The van der Waals surface area contributed by atoms with Gasteiger partial charge in [-0.15, -0.1) is 11.8 Å². The van der Waals surface area contributed by atoms with E-state index < -0.39 is 5.97 Å². The molecule has 110 valence electrons. The smallest absolute Gasteiger partial charge is 0.338 e. The van der Waals surface area contributed by atoms with Crippen LogP contribution in [0.3, 0.4) is 0 Å². The van der Waals surface area contributed by atoms with Crippen LogP contribution in [0.1, 0.15) is 15.9 Å². The molecule has 0 aromatic heterocycles. The van der Waals surface area contributed by atoms with Crippen LogP contribution in [0.25, 0.3) is 0 Å². The molecule has 0 spiro atoms. The molecule has 21 heavy (non-hydrogen) atoms. The van der Waals surface area contributed by atoms with Gasteiger partial charge in [-0.3, -0.25) is 0 Å². The highest BCUT2D eigenvalue weighted by Gasteiger charge is 2.14. The van der Waals surface area contributed by atoms with Crippen molar-refractivity contribution in [3.05, 3.63) is 58.6 Å². The number of nitrogens with one attached hydrogen (secondary N) is 1. The average Bonchev–Trinajstić information content (AvgIpc) is 2.48. The molecule has 2 aromatic rings. The van der Waals surface area contributed by atoms with Crippen LogP contribution in [0, 0.1) is 0 Å². The zero-order valence-electron chi connectivity index (χ0n) is 11.6. The molecule has 0 saturated heterocycles. The number of aromatic carboxylic acids is 1. The molecular weight excluding hydrogens is 306 g/mol. The highest BCUT2D eigenvalue weighted by Crippen LogP contribution is 2.27. The minimum Gasteiger partial charge on any atom is -0.478 e. The molecule has 0 aliphatic rings. The molecule has 0 saturated carbocycles. The molecular formula is C16H16ClNO2S. The molecule has 0 unspecified atom stereocenters. The quantitative estimate of drug-likeness (QED) is 0.773. The zero-order valence-corrected chi connectivity index (χ0v) is 13.2. The van der Waals surface area contributed by atoms with E-state index in [1.54, 1.807) is 6.07 Å². The number of benzene rings is 2. The van der Waals surface area contributed by atoms with E-state index in [2.05, 4.69) is 5.32 Å². The maximum atomic E-state index is 11.4. The molecule has 2 rings (SSSR count). The number of carboxylic acids is 1. The molecule has 0 bridgehead atoms. The molecule has 5 heteroatoms. The van der Waals surface area contributed by atoms with Crippen molar-refractivity contribution >= 4 is 35.0 Å². The summed E-state index contributed by atoms with van der Waals surface area (Å²) in [6, 6.07) is 13.1. The van der Waals surface area contributed by atoms with E-state index in [4.69, 9.17) is 11.6 Å². The van der Waals surface area contributed by atoms with Gasteiger partial charge in [0.1, 0.15) is 0 Å². The molecule has 3 nitrogen and oxygen atoms in total. The maximum absolute atomic E-state index is 11.4. The van der Waals surface area contributed by atoms with Gasteiger partial charge in [0.25, 0.3) is 0 Å². The first-order valence-corrected chi connectivity index (χ1v) is 8.10. The Hall–Kier alpha value is -1.65. The molecule has 0 heterocycles. The first-order chi connectivity index (χ1) is 10.1. The predicted molar refractivity (Wildman–Crippen MR) is 88.8 cm³/mol. The summed E-state index contributed by atoms with van der Waals surface area (Å²) < 4.78 is 0. The van der Waals surface area contributed by atoms with Gasteiger partial charge in [0.05, 0.1) is 5.56 Å². The third kappa shape index (κ3) is 4.16. The fourth-order valence-electron chi connectivity index (χ4n) is 2.06. The lowest BCUT2D eigenvalue weighted by molar-refractivity contribution is 0.0694. The maximum Gasteiger partial charge on any atom is 0.338 e. The lowest BCUT2D eigenvalue weighted by Crippen LogP contribution is -2.10. The van der Waals surface area contributed by atoms with Crippen LogP contribution >= 0.6 is 23.4 Å². The third-order valence-corrected chi connectivity index (χ3v) is 4.13. The Kier molecular flexibility index (Phi) is 5.53. The fourth-order valence-corrected chi connectivity index (χ4v) is 2.80. The minimum atomic E-state index is -0.908. The summed E-state index contributed by atoms with van der Waals surface area (Å²) in [5.41, 5.74) is 2.15.